The van der Waals surface area contributed by atoms with Crippen molar-refractivity contribution in [2.75, 3.05) is 51.3 Å². The Morgan fingerprint density at radius 3 is 2.18 bits per heavy atom. The molecular weight excluding hydrogens is 488 g/mol. The molecule has 3 heterocycles. The second-order valence-corrected chi connectivity index (χ2v) is 12.4. The summed E-state index contributed by atoms with van der Waals surface area (Å²) in [7, 11) is 1.90. The van der Waals surface area contributed by atoms with E-state index in [2.05, 4.69) is 58.3 Å². The van der Waals surface area contributed by atoms with Crippen LogP contribution in [0.3, 0.4) is 0 Å². The topological polar surface area (TPSA) is 59.6 Å². The molecule has 6 rings (SSSR count). The first-order chi connectivity index (χ1) is 18.9. The standard InChI is InChI=1S/C32H42N4O3/c1-31(24-39-31)22-36(30(38)33(2)29-19-26-7-3-4-8-27(26)20-29)32(23-37)13-17-34(18-14-32)21-25-9-11-28(12-10-25)35-15-5-6-16-35/h3-4,7-12,23,29H,5-6,13-22,24H2,1-2H3. The van der Waals surface area contributed by atoms with E-state index >= 15 is 0 Å². The van der Waals surface area contributed by atoms with Crippen molar-refractivity contribution in [3.8, 4) is 0 Å². The van der Waals surface area contributed by atoms with Crippen LogP contribution in [-0.4, -0.2) is 90.6 Å². The quantitative estimate of drug-likeness (QED) is 0.380. The van der Waals surface area contributed by atoms with Crippen molar-refractivity contribution in [2.24, 2.45) is 0 Å². The van der Waals surface area contributed by atoms with Crippen LogP contribution >= 0.6 is 0 Å². The largest absolute Gasteiger partial charge is 0.372 e. The fourth-order valence-electron chi connectivity index (χ4n) is 6.72. The van der Waals surface area contributed by atoms with Crippen molar-refractivity contribution in [3.05, 3.63) is 65.2 Å². The Balaban J connectivity index is 1.12. The number of benzene rings is 2. The number of anilines is 1. The van der Waals surface area contributed by atoms with Gasteiger partial charge in [0.2, 0.25) is 0 Å². The molecule has 3 aliphatic heterocycles. The number of hydrogen-bond donors (Lipinski definition) is 0. The van der Waals surface area contributed by atoms with E-state index in [0.29, 0.717) is 26.0 Å². The van der Waals surface area contributed by atoms with Gasteiger partial charge in [-0.1, -0.05) is 36.4 Å². The van der Waals surface area contributed by atoms with Gasteiger partial charge in [-0.3, -0.25) is 4.90 Å². The van der Waals surface area contributed by atoms with E-state index in [1.807, 2.05) is 23.8 Å². The lowest BCUT2D eigenvalue weighted by molar-refractivity contribution is -0.121. The first-order valence-electron chi connectivity index (χ1n) is 14.7. The van der Waals surface area contributed by atoms with E-state index in [9.17, 15) is 9.59 Å². The van der Waals surface area contributed by atoms with E-state index in [4.69, 9.17) is 4.74 Å². The van der Waals surface area contributed by atoms with Crippen molar-refractivity contribution >= 4 is 18.0 Å². The molecule has 0 spiro atoms. The van der Waals surface area contributed by atoms with Gasteiger partial charge in [-0.2, -0.15) is 0 Å². The third-order valence-electron chi connectivity index (χ3n) is 9.53. The molecule has 0 radical (unpaired) electrons. The van der Waals surface area contributed by atoms with Crippen LogP contribution in [0.4, 0.5) is 10.5 Å². The van der Waals surface area contributed by atoms with Crippen LogP contribution < -0.4 is 4.90 Å². The minimum atomic E-state index is -0.804. The highest BCUT2D eigenvalue weighted by Gasteiger charge is 2.50. The SMILES string of the molecule is CN(C(=O)N(CC1(C)CO1)C1(C=O)CCN(Cc2ccc(N3CCCC3)cc2)CC1)C1Cc2ccccc2C1. The second-order valence-electron chi connectivity index (χ2n) is 12.4. The molecule has 7 nitrogen and oxygen atoms in total. The van der Waals surface area contributed by atoms with E-state index in [1.165, 1.54) is 35.2 Å². The van der Waals surface area contributed by atoms with Crippen LogP contribution in [0.1, 0.15) is 49.3 Å². The summed E-state index contributed by atoms with van der Waals surface area (Å²) in [6, 6.07) is 17.5. The number of carbonyl (C=O) groups is 2. The fraction of sp³-hybridized carbons (Fsp3) is 0.562. The minimum Gasteiger partial charge on any atom is -0.372 e. The zero-order valence-corrected chi connectivity index (χ0v) is 23.5. The van der Waals surface area contributed by atoms with E-state index < -0.39 is 5.54 Å². The lowest BCUT2D eigenvalue weighted by Crippen LogP contribution is -2.63. The van der Waals surface area contributed by atoms with Crippen LogP contribution in [0.25, 0.3) is 0 Å². The van der Waals surface area contributed by atoms with Crippen molar-refractivity contribution in [3.63, 3.8) is 0 Å². The number of epoxide rings is 1. The van der Waals surface area contributed by atoms with Crippen molar-refractivity contribution in [1.82, 2.24) is 14.7 Å². The maximum Gasteiger partial charge on any atom is 0.320 e. The predicted molar refractivity (Wildman–Crippen MR) is 153 cm³/mol. The average Bonchev–Trinajstić information content (AvgIpc) is 3.34. The molecule has 7 heteroatoms. The smallest absolute Gasteiger partial charge is 0.320 e. The number of aldehydes is 1. The molecule has 0 saturated carbocycles. The normalized spacial score (nSPS) is 24.4. The van der Waals surface area contributed by atoms with Gasteiger partial charge in [0.15, 0.2) is 0 Å². The summed E-state index contributed by atoms with van der Waals surface area (Å²) in [5.41, 5.74) is 4.08. The summed E-state index contributed by atoms with van der Waals surface area (Å²) >= 11 is 0. The molecule has 208 valence electrons. The molecule has 39 heavy (non-hydrogen) atoms. The molecule has 1 aliphatic carbocycles. The zero-order valence-electron chi connectivity index (χ0n) is 23.5. The predicted octanol–water partition coefficient (Wildman–Crippen LogP) is 4.13. The van der Waals surface area contributed by atoms with Crippen LogP contribution in [-0.2, 0) is 28.9 Å². The Labute approximate surface area is 232 Å². The molecule has 1 unspecified atom stereocenters. The van der Waals surface area contributed by atoms with Crippen molar-refractivity contribution in [2.45, 2.75) is 69.2 Å². The van der Waals surface area contributed by atoms with E-state index in [1.54, 1.807) is 0 Å². The third-order valence-corrected chi connectivity index (χ3v) is 9.53. The van der Waals surface area contributed by atoms with E-state index in [0.717, 1.165) is 51.9 Å². The first-order valence-corrected chi connectivity index (χ1v) is 14.7. The van der Waals surface area contributed by atoms with Gasteiger partial charge in [0.25, 0.3) is 0 Å². The number of hydrogen-bond acceptors (Lipinski definition) is 5. The highest BCUT2D eigenvalue weighted by atomic mass is 16.6. The number of nitrogens with zero attached hydrogens (tertiary/aromatic N) is 4. The molecular formula is C32H42N4O3. The van der Waals surface area contributed by atoms with Gasteiger partial charge in [0.1, 0.15) is 17.4 Å². The Morgan fingerprint density at radius 2 is 1.62 bits per heavy atom. The van der Waals surface area contributed by atoms with Gasteiger partial charge in [0.05, 0.1) is 13.2 Å². The Bertz CT molecular complexity index is 1160. The van der Waals surface area contributed by atoms with Crippen LogP contribution in [0, 0.1) is 0 Å². The van der Waals surface area contributed by atoms with Gasteiger partial charge >= 0.3 is 6.03 Å². The minimum absolute atomic E-state index is 0.0532. The number of amides is 2. The zero-order chi connectivity index (χ0) is 27.0. The van der Waals surface area contributed by atoms with Gasteiger partial charge in [-0.05, 0) is 74.3 Å². The fourth-order valence-corrected chi connectivity index (χ4v) is 6.72. The number of likely N-dealkylation sites (N-methyl/N-ethyl adjacent to an activating group) is 1. The highest BCUT2D eigenvalue weighted by molar-refractivity contribution is 5.81. The molecule has 3 saturated heterocycles. The number of ether oxygens (including phenoxy) is 1. The molecule has 0 N–H and O–H groups in total. The number of carbonyl (C=O) groups excluding carboxylic acids is 2. The summed E-state index contributed by atoms with van der Waals surface area (Å²) in [6.07, 6.45) is 6.62. The lowest BCUT2D eigenvalue weighted by Gasteiger charge is -2.47. The van der Waals surface area contributed by atoms with Gasteiger partial charge in [0, 0.05) is 51.5 Å². The van der Waals surface area contributed by atoms with Crippen molar-refractivity contribution in [1.29, 1.82) is 0 Å². The summed E-state index contributed by atoms with van der Waals surface area (Å²) < 4.78 is 5.72. The molecule has 2 aromatic rings. The van der Waals surface area contributed by atoms with Gasteiger partial charge in [-0.25, -0.2) is 4.79 Å². The van der Waals surface area contributed by atoms with E-state index in [-0.39, 0.29) is 17.7 Å². The van der Waals surface area contributed by atoms with Crippen LogP contribution in [0.15, 0.2) is 48.5 Å². The third kappa shape index (κ3) is 5.44. The van der Waals surface area contributed by atoms with Crippen LogP contribution in [0.2, 0.25) is 0 Å². The molecule has 3 fully saturated rings. The van der Waals surface area contributed by atoms with Gasteiger partial charge < -0.3 is 24.2 Å². The van der Waals surface area contributed by atoms with Crippen molar-refractivity contribution < 1.29 is 14.3 Å². The number of urea groups is 1. The molecule has 0 bridgehead atoms. The Kier molecular flexibility index (Phi) is 7.15. The summed E-state index contributed by atoms with van der Waals surface area (Å²) in [6.45, 7) is 7.86. The Hall–Kier alpha value is -2.90. The Morgan fingerprint density at radius 1 is 1.00 bits per heavy atom. The lowest BCUT2D eigenvalue weighted by atomic mass is 9.86. The summed E-state index contributed by atoms with van der Waals surface area (Å²) in [5.74, 6) is 0. The molecule has 2 amide bonds. The van der Waals surface area contributed by atoms with Crippen LogP contribution in [0.5, 0.6) is 0 Å². The maximum atomic E-state index is 14.1. The molecule has 4 aliphatic rings. The molecule has 0 aromatic heterocycles. The first kappa shape index (κ1) is 26.3. The van der Waals surface area contributed by atoms with Gasteiger partial charge in [-0.15, -0.1) is 0 Å². The maximum absolute atomic E-state index is 14.1. The summed E-state index contributed by atoms with van der Waals surface area (Å²) in [4.78, 5) is 35.5. The number of likely N-dealkylation sites (tertiary alicyclic amines) is 1. The molecule has 2 aromatic carbocycles. The number of fused-ring (bicyclic) bond motifs is 1. The monoisotopic (exact) mass is 530 g/mol. The summed E-state index contributed by atoms with van der Waals surface area (Å²) in [5, 5.41) is 0. The molecule has 1 atom stereocenters. The average molecular weight is 531 g/mol. The second kappa shape index (κ2) is 10.6. The number of piperidine rings is 1. The highest BCUT2D eigenvalue weighted by Crippen LogP contribution is 2.36. The number of rotatable bonds is 8.